The van der Waals surface area contributed by atoms with Crippen LogP contribution in [-0.4, -0.2) is 0 Å². The summed E-state index contributed by atoms with van der Waals surface area (Å²) in [6, 6.07) is 6.16. The molecular formula is C31H47N. The van der Waals surface area contributed by atoms with E-state index in [1.807, 2.05) is 46.8 Å². The van der Waals surface area contributed by atoms with Crippen molar-refractivity contribution < 1.29 is 0 Å². The topological polar surface area (TPSA) is 26.0 Å². The highest BCUT2D eigenvalue weighted by molar-refractivity contribution is 5.58. The number of benzene rings is 1. The summed E-state index contributed by atoms with van der Waals surface area (Å²) in [5.41, 5.74) is 17.1. The molecule has 1 atom stereocenters. The standard InChI is InChI=1S/C26H33N.C3H8.C2H6/c1-11-19(9)26(27)24(18(7)8)25(23(16(3)4)17(5)6)22-14-13-21(12-2)15-20(22)10;1-3-2;1-2/h2,11,13-15,25H,3,7,27H2,1,4-6,8-10H3;3H2,1-2H3;1-2H3/b19-11-,26-24-;;. The highest BCUT2D eigenvalue weighted by Gasteiger charge is 2.27. The molecule has 0 saturated carbocycles. The summed E-state index contributed by atoms with van der Waals surface area (Å²) in [6.45, 7) is 31.2. The minimum absolute atomic E-state index is 0.0354. The number of hydrogen-bond acceptors (Lipinski definition) is 1. The van der Waals surface area contributed by atoms with Gasteiger partial charge in [0.1, 0.15) is 0 Å². The van der Waals surface area contributed by atoms with Crippen LogP contribution in [-0.2, 0) is 0 Å². The molecule has 0 amide bonds. The summed E-state index contributed by atoms with van der Waals surface area (Å²) in [7, 11) is 0. The van der Waals surface area contributed by atoms with E-state index in [9.17, 15) is 0 Å². The Morgan fingerprint density at radius 3 is 1.81 bits per heavy atom. The average Bonchev–Trinajstić information content (AvgIpc) is 2.73. The molecule has 0 bridgehead atoms. The minimum atomic E-state index is -0.0354. The molecule has 0 aliphatic heterocycles. The third kappa shape index (κ3) is 8.80. The zero-order valence-corrected chi connectivity index (χ0v) is 22.7. The maximum absolute atomic E-state index is 6.62. The highest BCUT2D eigenvalue weighted by atomic mass is 14.6. The van der Waals surface area contributed by atoms with E-state index in [0.717, 1.165) is 39.1 Å². The lowest BCUT2D eigenvalue weighted by Crippen LogP contribution is -2.16. The predicted molar refractivity (Wildman–Crippen MR) is 148 cm³/mol. The molecule has 1 heteroatoms. The first kappa shape index (κ1) is 31.5. The van der Waals surface area contributed by atoms with Crippen molar-refractivity contribution in [2.45, 2.75) is 88.5 Å². The van der Waals surface area contributed by atoms with Crippen molar-refractivity contribution in [3.8, 4) is 12.3 Å². The maximum atomic E-state index is 6.62. The first-order chi connectivity index (χ1) is 15.0. The van der Waals surface area contributed by atoms with E-state index >= 15 is 0 Å². The first-order valence-electron chi connectivity index (χ1n) is 11.7. The maximum Gasteiger partial charge on any atom is 0.0385 e. The van der Waals surface area contributed by atoms with Gasteiger partial charge in [0.15, 0.2) is 0 Å². The van der Waals surface area contributed by atoms with Gasteiger partial charge in [-0.15, -0.1) is 6.42 Å². The third-order valence-electron chi connectivity index (χ3n) is 4.93. The smallest absolute Gasteiger partial charge is 0.0385 e. The van der Waals surface area contributed by atoms with Crippen LogP contribution < -0.4 is 5.73 Å². The predicted octanol–water partition coefficient (Wildman–Crippen LogP) is 9.17. The largest absolute Gasteiger partial charge is 0.398 e. The summed E-state index contributed by atoms with van der Waals surface area (Å²) in [4.78, 5) is 0. The van der Waals surface area contributed by atoms with Crippen LogP contribution in [0.25, 0.3) is 0 Å². The summed E-state index contributed by atoms with van der Waals surface area (Å²) in [5, 5.41) is 0. The van der Waals surface area contributed by atoms with E-state index < -0.39 is 0 Å². The van der Waals surface area contributed by atoms with Gasteiger partial charge in [-0.2, -0.15) is 0 Å². The second-order valence-electron chi connectivity index (χ2n) is 8.13. The number of nitrogens with two attached hydrogens (primary N) is 1. The molecule has 0 spiro atoms. The van der Waals surface area contributed by atoms with Gasteiger partial charge in [0.05, 0.1) is 0 Å². The van der Waals surface area contributed by atoms with Gasteiger partial charge in [0.25, 0.3) is 0 Å². The molecular weight excluding hydrogens is 386 g/mol. The van der Waals surface area contributed by atoms with Gasteiger partial charge in [-0.3, -0.25) is 0 Å². The zero-order valence-electron chi connectivity index (χ0n) is 22.7. The second kappa shape index (κ2) is 16.0. The molecule has 0 fully saturated rings. The SMILES string of the molecule is C#Cc1ccc(C(C(C(=C)C)=C(C)C)/C(C(=C)C)=C(N)/C(C)=C\C)c(C)c1.CC.CCC. The van der Waals surface area contributed by atoms with Crippen molar-refractivity contribution in [2.75, 3.05) is 0 Å². The molecule has 1 aromatic carbocycles. The van der Waals surface area contributed by atoms with Gasteiger partial charge in [-0.25, -0.2) is 0 Å². The van der Waals surface area contributed by atoms with Crippen LogP contribution in [0, 0.1) is 19.3 Å². The molecule has 0 heterocycles. The van der Waals surface area contributed by atoms with Crippen molar-refractivity contribution in [1.82, 2.24) is 0 Å². The zero-order chi connectivity index (χ0) is 25.6. The number of aryl methyl sites for hydroxylation is 1. The van der Waals surface area contributed by atoms with Crippen LogP contribution in [0.2, 0.25) is 0 Å². The van der Waals surface area contributed by atoms with Crippen molar-refractivity contribution in [3.63, 3.8) is 0 Å². The molecule has 1 unspecified atom stereocenters. The van der Waals surface area contributed by atoms with Crippen molar-refractivity contribution in [2.24, 2.45) is 5.73 Å². The monoisotopic (exact) mass is 433 g/mol. The lowest BCUT2D eigenvalue weighted by molar-refractivity contribution is 0.887. The molecule has 0 aliphatic rings. The van der Waals surface area contributed by atoms with E-state index in [4.69, 9.17) is 12.2 Å². The van der Waals surface area contributed by atoms with Crippen molar-refractivity contribution in [3.05, 3.63) is 93.3 Å². The van der Waals surface area contributed by atoms with E-state index in [2.05, 4.69) is 72.8 Å². The summed E-state index contributed by atoms with van der Waals surface area (Å²) < 4.78 is 0. The lowest BCUT2D eigenvalue weighted by Gasteiger charge is -2.29. The van der Waals surface area contributed by atoms with Crippen molar-refractivity contribution in [1.29, 1.82) is 0 Å². The van der Waals surface area contributed by atoms with Crippen LogP contribution in [0.1, 0.15) is 98.3 Å². The van der Waals surface area contributed by atoms with Crippen LogP contribution >= 0.6 is 0 Å². The molecule has 0 aromatic heterocycles. The van der Waals surface area contributed by atoms with E-state index in [1.54, 1.807) is 0 Å². The van der Waals surface area contributed by atoms with Gasteiger partial charge >= 0.3 is 0 Å². The third-order valence-corrected chi connectivity index (χ3v) is 4.93. The van der Waals surface area contributed by atoms with E-state index in [1.165, 1.54) is 23.1 Å². The van der Waals surface area contributed by atoms with Gasteiger partial charge in [0.2, 0.25) is 0 Å². The Morgan fingerprint density at radius 2 is 1.50 bits per heavy atom. The quantitative estimate of drug-likeness (QED) is 0.351. The number of allylic oxidation sites excluding steroid dienone is 7. The van der Waals surface area contributed by atoms with Gasteiger partial charge < -0.3 is 5.73 Å². The lowest BCUT2D eigenvalue weighted by atomic mass is 9.75. The Balaban J connectivity index is 0. The van der Waals surface area contributed by atoms with Crippen molar-refractivity contribution >= 4 is 0 Å². The van der Waals surface area contributed by atoms with Gasteiger partial charge in [-0.05, 0) is 88.4 Å². The summed E-state index contributed by atoms with van der Waals surface area (Å²) >= 11 is 0. The Hall–Kier alpha value is -2.72. The number of rotatable bonds is 6. The normalized spacial score (nSPS) is 12.0. The highest BCUT2D eigenvalue weighted by Crippen LogP contribution is 2.42. The fourth-order valence-corrected chi connectivity index (χ4v) is 3.51. The molecule has 1 rings (SSSR count). The van der Waals surface area contributed by atoms with Crippen LogP contribution in [0.3, 0.4) is 0 Å². The molecule has 0 radical (unpaired) electrons. The molecule has 32 heavy (non-hydrogen) atoms. The van der Waals surface area contributed by atoms with Crippen LogP contribution in [0.4, 0.5) is 0 Å². The van der Waals surface area contributed by atoms with Gasteiger partial charge in [0, 0.05) is 17.2 Å². The summed E-state index contributed by atoms with van der Waals surface area (Å²) in [6.07, 6.45) is 8.88. The van der Waals surface area contributed by atoms with Gasteiger partial charge in [-0.1, -0.05) is 82.1 Å². The Morgan fingerprint density at radius 1 is 1.03 bits per heavy atom. The molecule has 1 aromatic rings. The molecule has 2 N–H and O–H groups in total. The second-order valence-corrected chi connectivity index (χ2v) is 8.13. The Kier molecular flexibility index (Phi) is 15.7. The Bertz CT molecular complexity index is 906. The fourth-order valence-electron chi connectivity index (χ4n) is 3.51. The number of terminal acetylenes is 1. The fraction of sp³-hybridized carbons (Fsp3) is 0.419. The van der Waals surface area contributed by atoms with Crippen LogP contribution in [0.5, 0.6) is 0 Å². The summed E-state index contributed by atoms with van der Waals surface area (Å²) in [5.74, 6) is 2.68. The Labute approximate surface area is 199 Å². The minimum Gasteiger partial charge on any atom is -0.398 e. The first-order valence-corrected chi connectivity index (χ1v) is 11.7. The molecule has 0 saturated heterocycles. The molecule has 1 nitrogen and oxygen atoms in total. The van der Waals surface area contributed by atoms with Crippen LogP contribution in [0.15, 0.2) is 76.6 Å². The number of hydrogen-bond donors (Lipinski definition) is 1. The van der Waals surface area contributed by atoms with E-state index in [-0.39, 0.29) is 5.92 Å². The molecule has 176 valence electrons. The average molecular weight is 434 g/mol. The molecule has 0 aliphatic carbocycles. The van der Waals surface area contributed by atoms with E-state index in [0.29, 0.717) is 0 Å².